The van der Waals surface area contributed by atoms with Crippen molar-refractivity contribution in [2.24, 2.45) is 9.98 Å². The molecule has 0 atom stereocenters. The quantitative estimate of drug-likeness (QED) is 0.143. The molecule has 5 heteroatoms. The van der Waals surface area contributed by atoms with E-state index in [4.69, 9.17) is 14.4 Å². The Balaban J connectivity index is 1.19. The van der Waals surface area contributed by atoms with Crippen molar-refractivity contribution in [3.05, 3.63) is 199 Å². The molecule has 9 aromatic carbocycles. The van der Waals surface area contributed by atoms with Gasteiger partial charge in [0.15, 0.2) is 11.7 Å². The number of nitrogens with one attached hydrogen (secondary N) is 1. The molecular formula is C51H32N4O. The third-order valence-electron chi connectivity index (χ3n) is 10.9. The maximum atomic E-state index is 9.24. The minimum Gasteiger partial charge on any atom is -0.456 e. The van der Waals surface area contributed by atoms with Crippen LogP contribution in [0.3, 0.4) is 0 Å². The van der Waals surface area contributed by atoms with Crippen LogP contribution in [0.2, 0.25) is 0 Å². The molecule has 1 N–H and O–H groups in total. The van der Waals surface area contributed by atoms with E-state index in [0.29, 0.717) is 5.84 Å². The van der Waals surface area contributed by atoms with Crippen LogP contribution in [0.15, 0.2) is 196 Å². The molecule has 2 heterocycles. The van der Waals surface area contributed by atoms with E-state index >= 15 is 0 Å². The van der Waals surface area contributed by atoms with Crippen LogP contribution in [0, 0.1) is 5.41 Å². The van der Waals surface area contributed by atoms with Crippen LogP contribution >= 0.6 is 0 Å². The number of hydrogen-bond donors (Lipinski definition) is 1. The molecule has 0 saturated carbocycles. The van der Waals surface area contributed by atoms with Gasteiger partial charge in [0.25, 0.3) is 0 Å². The Morgan fingerprint density at radius 1 is 0.500 bits per heavy atom. The van der Waals surface area contributed by atoms with E-state index in [2.05, 4.69) is 108 Å². The fourth-order valence-corrected chi connectivity index (χ4v) is 8.29. The first-order valence-corrected chi connectivity index (χ1v) is 18.7. The number of furan rings is 1. The second-order valence-electron chi connectivity index (χ2n) is 14.2. The highest BCUT2D eigenvalue weighted by molar-refractivity contribution is 6.24. The normalized spacial score (nSPS) is 12.4. The van der Waals surface area contributed by atoms with Gasteiger partial charge in [0.05, 0.1) is 16.7 Å². The minimum atomic E-state index is 0.149. The molecule has 0 amide bonds. The van der Waals surface area contributed by atoms with Crippen molar-refractivity contribution in [2.45, 2.75) is 0 Å². The van der Waals surface area contributed by atoms with Crippen LogP contribution in [0.4, 0.5) is 0 Å². The Kier molecular flexibility index (Phi) is 7.25. The molecule has 0 bridgehead atoms. The molecule has 11 rings (SSSR count). The van der Waals surface area contributed by atoms with Crippen molar-refractivity contribution in [3.63, 3.8) is 0 Å². The van der Waals surface area contributed by atoms with E-state index in [9.17, 15) is 5.41 Å². The van der Waals surface area contributed by atoms with Crippen LogP contribution in [-0.2, 0) is 0 Å². The SMILES string of the molecule is N=C(N=C(N=Cc1cc2c(cc1-n1c3cc4ccccc4cc3c3c4ccccc4ccc31)oc1ccccc12)c1ccccc1)c1cccc2ccccc12. The van der Waals surface area contributed by atoms with Gasteiger partial charge in [-0.05, 0) is 62.6 Å². The number of aliphatic imine (C=N–C) groups is 2. The first-order valence-electron chi connectivity index (χ1n) is 18.7. The molecule has 262 valence electrons. The summed E-state index contributed by atoms with van der Waals surface area (Å²) < 4.78 is 8.89. The number of fused-ring (bicyclic) bond motifs is 10. The molecule has 0 unspecified atom stereocenters. The number of para-hydroxylation sites is 1. The Morgan fingerprint density at radius 3 is 1.98 bits per heavy atom. The van der Waals surface area contributed by atoms with Gasteiger partial charge < -0.3 is 8.98 Å². The summed E-state index contributed by atoms with van der Waals surface area (Å²) in [6.45, 7) is 0. The van der Waals surface area contributed by atoms with Crippen molar-refractivity contribution in [2.75, 3.05) is 0 Å². The first kappa shape index (κ1) is 31.9. The Bertz CT molecular complexity index is 3440. The van der Waals surface area contributed by atoms with E-state index in [1.807, 2.05) is 85.1 Å². The summed E-state index contributed by atoms with van der Waals surface area (Å²) >= 11 is 0. The zero-order valence-corrected chi connectivity index (χ0v) is 30.1. The molecule has 0 fully saturated rings. The van der Waals surface area contributed by atoms with Gasteiger partial charge >= 0.3 is 0 Å². The third kappa shape index (κ3) is 5.13. The zero-order chi connectivity index (χ0) is 37.2. The smallest absolute Gasteiger partial charge is 0.161 e. The molecule has 0 radical (unpaired) electrons. The van der Waals surface area contributed by atoms with Gasteiger partial charge in [0, 0.05) is 50.5 Å². The van der Waals surface area contributed by atoms with Crippen LogP contribution < -0.4 is 0 Å². The van der Waals surface area contributed by atoms with E-state index in [1.165, 1.54) is 32.3 Å². The molecule has 0 aliphatic carbocycles. The van der Waals surface area contributed by atoms with Gasteiger partial charge in [-0.15, -0.1) is 0 Å². The molecule has 2 aromatic heterocycles. The molecule has 0 saturated heterocycles. The molecule has 0 aliphatic rings. The molecule has 56 heavy (non-hydrogen) atoms. The van der Waals surface area contributed by atoms with Crippen LogP contribution in [0.1, 0.15) is 16.7 Å². The van der Waals surface area contributed by atoms with E-state index in [-0.39, 0.29) is 5.84 Å². The van der Waals surface area contributed by atoms with Crippen molar-refractivity contribution in [3.8, 4) is 5.69 Å². The topological polar surface area (TPSA) is 66.6 Å². The third-order valence-corrected chi connectivity index (χ3v) is 10.9. The molecule has 0 spiro atoms. The number of rotatable bonds is 4. The largest absolute Gasteiger partial charge is 0.456 e. The second kappa shape index (κ2) is 12.8. The van der Waals surface area contributed by atoms with Gasteiger partial charge in [0.1, 0.15) is 11.2 Å². The Morgan fingerprint density at radius 2 is 1.16 bits per heavy atom. The van der Waals surface area contributed by atoms with Gasteiger partial charge in [-0.2, -0.15) is 0 Å². The summed E-state index contributed by atoms with van der Waals surface area (Å²) in [5.41, 5.74) is 7.21. The summed E-state index contributed by atoms with van der Waals surface area (Å²) in [6, 6.07) is 62.7. The number of nitrogens with zero attached hydrogens (tertiary/aromatic N) is 3. The highest BCUT2D eigenvalue weighted by atomic mass is 16.3. The molecular weight excluding hydrogens is 685 g/mol. The van der Waals surface area contributed by atoms with Crippen molar-refractivity contribution in [1.82, 2.24) is 4.57 Å². The zero-order valence-electron chi connectivity index (χ0n) is 30.1. The van der Waals surface area contributed by atoms with Crippen LogP contribution in [0.25, 0.3) is 81.7 Å². The van der Waals surface area contributed by atoms with Crippen LogP contribution in [0.5, 0.6) is 0 Å². The highest BCUT2D eigenvalue weighted by Gasteiger charge is 2.20. The van der Waals surface area contributed by atoms with E-state index in [0.717, 1.165) is 66.1 Å². The van der Waals surface area contributed by atoms with Crippen molar-refractivity contribution < 1.29 is 4.42 Å². The maximum Gasteiger partial charge on any atom is 0.161 e. The summed E-state index contributed by atoms with van der Waals surface area (Å²) in [5, 5.41) is 20.5. The first-order chi connectivity index (χ1) is 27.7. The van der Waals surface area contributed by atoms with Gasteiger partial charge in [0.2, 0.25) is 0 Å². The predicted molar refractivity (Wildman–Crippen MR) is 234 cm³/mol. The Labute approximate surface area is 321 Å². The summed E-state index contributed by atoms with van der Waals surface area (Å²) in [6.07, 6.45) is 1.90. The minimum absolute atomic E-state index is 0.149. The fraction of sp³-hybridized carbons (Fsp3) is 0. The van der Waals surface area contributed by atoms with Crippen molar-refractivity contribution >= 4 is 93.9 Å². The lowest BCUT2D eigenvalue weighted by Gasteiger charge is -2.13. The number of hydrogen-bond acceptors (Lipinski definition) is 2. The van der Waals surface area contributed by atoms with Gasteiger partial charge in [-0.25, -0.2) is 9.98 Å². The lowest BCUT2D eigenvalue weighted by molar-refractivity contribution is 0.668. The lowest BCUT2D eigenvalue weighted by Crippen LogP contribution is -2.06. The molecule has 0 aliphatic heterocycles. The van der Waals surface area contributed by atoms with E-state index in [1.54, 1.807) is 0 Å². The lowest BCUT2D eigenvalue weighted by atomic mass is 10.0. The number of amidine groups is 2. The average Bonchev–Trinajstić information content (AvgIpc) is 3.78. The standard InChI is InChI=1S/C51H32N4O/c52-50(41-23-12-19-32-13-6-8-20-38(32)41)54-51(34-15-2-1-3-16-34)53-31-37-28-42-40-22-10-11-24-47(40)56-48(42)30-45(37)55-44-26-25-33-14-7-9-21-39(33)49(44)43-27-35-17-4-5-18-36(35)29-46(43)55/h1-31,52H. The van der Waals surface area contributed by atoms with Crippen molar-refractivity contribution in [1.29, 1.82) is 5.41 Å². The van der Waals surface area contributed by atoms with Crippen LogP contribution in [-0.4, -0.2) is 22.5 Å². The number of benzene rings is 9. The van der Waals surface area contributed by atoms with E-state index < -0.39 is 0 Å². The van der Waals surface area contributed by atoms with Gasteiger partial charge in [-0.1, -0.05) is 146 Å². The highest BCUT2D eigenvalue weighted by Crippen LogP contribution is 2.41. The molecule has 5 nitrogen and oxygen atoms in total. The summed E-state index contributed by atoms with van der Waals surface area (Å²) in [5.74, 6) is 0.598. The number of aromatic nitrogens is 1. The fourth-order valence-electron chi connectivity index (χ4n) is 8.29. The summed E-state index contributed by atoms with van der Waals surface area (Å²) in [4.78, 5) is 10.1. The average molecular weight is 717 g/mol. The maximum absolute atomic E-state index is 9.24. The summed E-state index contributed by atoms with van der Waals surface area (Å²) in [7, 11) is 0. The second-order valence-corrected chi connectivity index (χ2v) is 14.2. The van der Waals surface area contributed by atoms with Gasteiger partial charge in [-0.3, -0.25) is 5.41 Å². The molecule has 11 aromatic rings. The Hall–Kier alpha value is -7.63. The monoisotopic (exact) mass is 716 g/mol. The predicted octanol–water partition coefficient (Wildman–Crippen LogP) is 13.0.